The minimum atomic E-state index is -1.37. The van der Waals surface area contributed by atoms with Crippen LogP contribution in [0.2, 0.25) is 18.1 Å². The Morgan fingerprint density at radius 2 is 1.83 bits per heavy atom. The number of aromatic nitrogens is 1. The van der Waals surface area contributed by atoms with Crippen LogP contribution < -0.4 is 4.74 Å². The lowest BCUT2D eigenvalue weighted by Gasteiger charge is -2.20. The normalized spacial score (nSPS) is 10.7. The first-order valence-corrected chi connectivity index (χ1v) is 9.26. The molecule has 1 heterocycles. The number of ether oxygens (including phenoxy) is 1. The van der Waals surface area contributed by atoms with Crippen LogP contribution in [0, 0.1) is 18.4 Å². The predicted octanol–water partition coefficient (Wildman–Crippen LogP) is 3.80. The highest BCUT2D eigenvalue weighted by Gasteiger charge is 2.24. The Morgan fingerprint density at radius 1 is 1.22 bits per heavy atom. The molecular weight excluding hydrogens is 238 g/mol. The van der Waals surface area contributed by atoms with Crippen molar-refractivity contribution in [1.29, 1.82) is 0 Å². The minimum absolute atomic E-state index is 0.656. The van der Waals surface area contributed by atoms with Gasteiger partial charge in [-0.2, -0.15) is 0 Å². The van der Waals surface area contributed by atoms with Crippen LogP contribution in [0.4, 0.5) is 0 Å². The third-order valence-electron chi connectivity index (χ3n) is 3.79. The summed E-state index contributed by atoms with van der Waals surface area (Å²) in [6.45, 7) is 8.87. The number of pyridine rings is 1. The van der Waals surface area contributed by atoms with E-state index in [4.69, 9.17) is 4.74 Å². The Bertz CT molecular complexity index is 447. The highest BCUT2D eigenvalue weighted by atomic mass is 28.3. The summed E-state index contributed by atoms with van der Waals surface area (Å²) >= 11 is 0. The van der Waals surface area contributed by atoms with Gasteiger partial charge in [0.1, 0.15) is 8.07 Å². The zero-order valence-corrected chi connectivity index (χ0v) is 13.1. The summed E-state index contributed by atoms with van der Waals surface area (Å²) in [5.74, 6) is 4.01. The number of aryl methyl sites for hydroxylation is 1. The fraction of sp³-hybridized carbons (Fsp3) is 0.533. The van der Waals surface area contributed by atoms with Gasteiger partial charge in [0.15, 0.2) is 0 Å². The van der Waals surface area contributed by atoms with Crippen molar-refractivity contribution in [3.05, 3.63) is 23.4 Å². The van der Waals surface area contributed by atoms with E-state index in [0.29, 0.717) is 5.88 Å². The Morgan fingerprint density at radius 3 is 2.28 bits per heavy atom. The van der Waals surface area contributed by atoms with Crippen molar-refractivity contribution in [2.75, 3.05) is 7.11 Å². The highest BCUT2D eigenvalue weighted by molar-refractivity contribution is 6.87. The van der Waals surface area contributed by atoms with E-state index < -0.39 is 8.07 Å². The third-order valence-corrected chi connectivity index (χ3v) is 8.50. The number of hydrogen-bond acceptors (Lipinski definition) is 2. The quantitative estimate of drug-likeness (QED) is 0.607. The van der Waals surface area contributed by atoms with E-state index in [-0.39, 0.29) is 0 Å². The molecule has 0 N–H and O–H groups in total. The van der Waals surface area contributed by atoms with E-state index in [0.717, 1.165) is 11.1 Å². The van der Waals surface area contributed by atoms with Crippen LogP contribution >= 0.6 is 0 Å². The van der Waals surface area contributed by atoms with Crippen molar-refractivity contribution in [3.8, 4) is 17.3 Å². The van der Waals surface area contributed by atoms with Crippen molar-refractivity contribution in [1.82, 2.24) is 4.98 Å². The zero-order chi connectivity index (χ0) is 13.6. The summed E-state index contributed by atoms with van der Waals surface area (Å²) in [5.41, 5.74) is 5.75. The summed E-state index contributed by atoms with van der Waals surface area (Å²) in [4.78, 5) is 4.23. The Hall–Kier alpha value is -1.27. The molecule has 0 aliphatic carbocycles. The monoisotopic (exact) mass is 261 g/mol. The van der Waals surface area contributed by atoms with Gasteiger partial charge in [-0.15, -0.1) is 5.54 Å². The molecule has 0 aromatic carbocycles. The molecule has 1 rings (SSSR count). The van der Waals surface area contributed by atoms with Gasteiger partial charge >= 0.3 is 0 Å². The van der Waals surface area contributed by atoms with Gasteiger partial charge in [-0.05, 0) is 30.6 Å². The summed E-state index contributed by atoms with van der Waals surface area (Å²) in [6, 6.07) is 5.64. The summed E-state index contributed by atoms with van der Waals surface area (Å²) in [6.07, 6.45) is 1.82. The fourth-order valence-electron chi connectivity index (χ4n) is 1.99. The highest BCUT2D eigenvalue weighted by Crippen LogP contribution is 2.19. The van der Waals surface area contributed by atoms with Gasteiger partial charge in [0.25, 0.3) is 0 Å². The molecule has 1 aromatic heterocycles. The molecule has 0 spiro atoms. The largest absolute Gasteiger partial charge is 0.481 e. The molecule has 18 heavy (non-hydrogen) atoms. The molecule has 0 saturated heterocycles. The standard InChI is InChI=1S/C15H23NOSi/c1-6-18(7-2,8-3)10-9-14-12-16-15(17-5)11-13(14)4/h11-12H,6-8H2,1-5H3. The Balaban J connectivity index is 3.04. The van der Waals surface area contributed by atoms with Gasteiger partial charge in [0, 0.05) is 17.8 Å². The zero-order valence-electron chi connectivity index (χ0n) is 12.1. The van der Waals surface area contributed by atoms with E-state index in [1.807, 2.05) is 12.3 Å². The maximum absolute atomic E-state index is 5.11. The van der Waals surface area contributed by atoms with Crippen LogP contribution in [-0.4, -0.2) is 20.2 Å². The van der Waals surface area contributed by atoms with Gasteiger partial charge in [0.05, 0.1) is 7.11 Å². The van der Waals surface area contributed by atoms with E-state index in [1.54, 1.807) is 7.11 Å². The molecule has 0 saturated carbocycles. The lowest BCUT2D eigenvalue weighted by molar-refractivity contribution is 0.397. The van der Waals surface area contributed by atoms with Crippen LogP contribution in [0.5, 0.6) is 5.88 Å². The van der Waals surface area contributed by atoms with E-state index in [1.165, 1.54) is 18.1 Å². The molecule has 0 unspecified atom stereocenters. The molecule has 0 amide bonds. The first kappa shape index (κ1) is 14.8. The lowest BCUT2D eigenvalue weighted by atomic mass is 10.2. The van der Waals surface area contributed by atoms with Gasteiger partial charge in [-0.25, -0.2) is 4.98 Å². The van der Waals surface area contributed by atoms with Crippen LogP contribution in [0.3, 0.4) is 0 Å². The minimum Gasteiger partial charge on any atom is -0.481 e. The molecule has 0 bridgehead atoms. The maximum Gasteiger partial charge on any atom is 0.213 e. The topological polar surface area (TPSA) is 22.1 Å². The molecule has 1 aromatic rings. The fourth-order valence-corrected chi connectivity index (χ4v) is 4.42. The number of nitrogens with zero attached hydrogens (tertiary/aromatic N) is 1. The molecule has 0 fully saturated rings. The van der Waals surface area contributed by atoms with Gasteiger partial charge < -0.3 is 4.74 Å². The van der Waals surface area contributed by atoms with Crippen LogP contribution in [0.1, 0.15) is 31.9 Å². The molecule has 2 nitrogen and oxygen atoms in total. The third kappa shape index (κ3) is 3.36. The van der Waals surface area contributed by atoms with Crippen LogP contribution in [-0.2, 0) is 0 Å². The Labute approximate surface area is 112 Å². The van der Waals surface area contributed by atoms with Gasteiger partial charge in [0.2, 0.25) is 5.88 Å². The average molecular weight is 261 g/mol. The number of hydrogen-bond donors (Lipinski definition) is 0. The second kappa shape index (κ2) is 6.60. The summed E-state index contributed by atoms with van der Waals surface area (Å²) < 4.78 is 5.11. The molecule has 0 radical (unpaired) electrons. The van der Waals surface area contributed by atoms with Crippen molar-refractivity contribution >= 4 is 8.07 Å². The summed E-state index contributed by atoms with van der Waals surface area (Å²) in [7, 11) is 0.270. The first-order valence-electron chi connectivity index (χ1n) is 6.64. The molecule has 98 valence electrons. The molecule has 3 heteroatoms. The second-order valence-corrected chi connectivity index (χ2v) is 9.56. The van der Waals surface area contributed by atoms with Crippen molar-refractivity contribution in [2.45, 2.75) is 45.8 Å². The summed E-state index contributed by atoms with van der Waals surface area (Å²) in [5, 5.41) is 0. The van der Waals surface area contributed by atoms with Crippen molar-refractivity contribution < 1.29 is 4.74 Å². The number of rotatable bonds is 4. The van der Waals surface area contributed by atoms with E-state index >= 15 is 0 Å². The van der Waals surface area contributed by atoms with Crippen molar-refractivity contribution in [3.63, 3.8) is 0 Å². The molecular formula is C15H23NOSi. The molecule has 0 aliphatic rings. The Kier molecular flexibility index (Phi) is 5.42. The molecule has 0 atom stereocenters. The van der Waals surface area contributed by atoms with Crippen LogP contribution in [0.15, 0.2) is 12.3 Å². The SMILES string of the molecule is CC[Si](C#Cc1cnc(OC)cc1C)(CC)CC. The van der Waals surface area contributed by atoms with Crippen molar-refractivity contribution in [2.24, 2.45) is 0 Å². The smallest absolute Gasteiger partial charge is 0.213 e. The van der Waals surface area contributed by atoms with E-state index in [9.17, 15) is 0 Å². The number of methoxy groups -OCH3 is 1. The predicted molar refractivity (Wildman–Crippen MR) is 79.6 cm³/mol. The van der Waals surface area contributed by atoms with E-state index in [2.05, 4.69) is 44.1 Å². The second-order valence-electron chi connectivity index (χ2n) is 4.63. The van der Waals surface area contributed by atoms with Gasteiger partial charge in [-0.3, -0.25) is 0 Å². The maximum atomic E-state index is 5.11. The van der Waals surface area contributed by atoms with Crippen LogP contribution in [0.25, 0.3) is 0 Å². The molecule has 0 aliphatic heterocycles. The average Bonchev–Trinajstić information content (AvgIpc) is 2.42. The van der Waals surface area contributed by atoms with Gasteiger partial charge in [-0.1, -0.05) is 26.7 Å². The lowest BCUT2D eigenvalue weighted by Crippen LogP contribution is -2.29. The first-order chi connectivity index (χ1) is 8.60.